The zero-order valence-corrected chi connectivity index (χ0v) is 17.6. The quantitative estimate of drug-likeness (QED) is 0.632. The van der Waals surface area contributed by atoms with Crippen LogP contribution < -0.4 is 0 Å². The average molecular weight is 373 g/mol. The normalized spacial score (nSPS) is 19.1. The van der Waals surface area contributed by atoms with Crippen molar-refractivity contribution in [2.75, 3.05) is 0 Å². The van der Waals surface area contributed by atoms with E-state index in [4.69, 9.17) is 0 Å². The van der Waals surface area contributed by atoms with E-state index in [1.807, 2.05) is 12.2 Å². The summed E-state index contributed by atoms with van der Waals surface area (Å²) in [6, 6.07) is 12.7. The van der Waals surface area contributed by atoms with Gasteiger partial charge in [-0.05, 0) is 62.1 Å². The van der Waals surface area contributed by atoms with Crippen molar-refractivity contribution in [1.29, 1.82) is 0 Å². The van der Waals surface area contributed by atoms with Crippen LogP contribution in [-0.4, -0.2) is 11.6 Å². The van der Waals surface area contributed by atoms with Crippen LogP contribution in [-0.2, 0) is 9.59 Å². The molecule has 0 aromatic heterocycles. The van der Waals surface area contributed by atoms with Crippen molar-refractivity contribution >= 4 is 23.7 Å². The fraction of sp³-hybridized carbons (Fsp3) is 0.308. The predicted octanol–water partition coefficient (Wildman–Crippen LogP) is 6.17. The molecule has 2 atom stereocenters. The van der Waals surface area contributed by atoms with Gasteiger partial charge >= 0.3 is 0 Å². The van der Waals surface area contributed by atoms with Crippen LogP contribution >= 0.6 is 0 Å². The summed E-state index contributed by atoms with van der Waals surface area (Å²) in [6.07, 6.45) is 4.03. The number of rotatable bonds is 2. The Labute approximate surface area is 168 Å². The topological polar surface area (TPSA) is 34.1 Å². The molecule has 2 aromatic rings. The Kier molecular flexibility index (Phi) is 5.51. The Balaban J connectivity index is 0.000000161. The Hall–Kier alpha value is -2.74. The second-order valence-corrected chi connectivity index (χ2v) is 8.02. The lowest BCUT2D eigenvalue weighted by atomic mass is 9.95. The predicted molar refractivity (Wildman–Crippen MR) is 117 cm³/mol. The van der Waals surface area contributed by atoms with Gasteiger partial charge in [-0.3, -0.25) is 9.59 Å². The van der Waals surface area contributed by atoms with Crippen LogP contribution in [0.5, 0.6) is 0 Å². The van der Waals surface area contributed by atoms with Crippen molar-refractivity contribution in [3.63, 3.8) is 0 Å². The van der Waals surface area contributed by atoms with Crippen molar-refractivity contribution in [2.45, 2.75) is 53.4 Å². The van der Waals surface area contributed by atoms with Crippen molar-refractivity contribution in [3.05, 3.63) is 80.9 Å². The second kappa shape index (κ2) is 7.71. The maximum atomic E-state index is 11.3. The van der Waals surface area contributed by atoms with Gasteiger partial charge in [0.1, 0.15) is 0 Å². The van der Waals surface area contributed by atoms with Gasteiger partial charge in [0.15, 0.2) is 11.6 Å². The summed E-state index contributed by atoms with van der Waals surface area (Å²) in [4.78, 5) is 22.7. The molecular formula is C26H28O2. The summed E-state index contributed by atoms with van der Waals surface area (Å²) in [5.41, 5.74) is 9.37. The number of hydrogen-bond donors (Lipinski definition) is 0. The first-order chi connectivity index (χ1) is 13.2. The molecule has 4 rings (SSSR count). The number of fused-ring (bicyclic) bond motifs is 2. The molecule has 0 radical (unpaired) electrons. The first kappa shape index (κ1) is 20.0. The molecule has 2 nitrogen and oxygen atoms in total. The molecule has 2 heteroatoms. The minimum Gasteiger partial charge on any atom is -0.295 e. The summed E-state index contributed by atoms with van der Waals surface area (Å²) in [5.74, 6) is 0.905. The van der Waals surface area contributed by atoms with E-state index < -0.39 is 0 Å². The van der Waals surface area contributed by atoms with Crippen molar-refractivity contribution in [1.82, 2.24) is 0 Å². The van der Waals surface area contributed by atoms with Gasteiger partial charge in [0.2, 0.25) is 0 Å². The Bertz CT molecular complexity index is 937. The van der Waals surface area contributed by atoms with E-state index in [1.165, 1.54) is 33.4 Å². The van der Waals surface area contributed by atoms with Gasteiger partial charge in [-0.2, -0.15) is 0 Å². The minimum atomic E-state index is 0.186. The van der Waals surface area contributed by atoms with E-state index in [1.54, 1.807) is 13.8 Å². The summed E-state index contributed by atoms with van der Waals surface area (Å²) < 4.78 is 0. The number of carbonyl (C=O) groups is 2. The highest BCUT2D eigenvalue weighted by molar-refractivity contribution is 6.02. The Morgan fingerprint density at radius 1 is 0.679 bits per heavy atom. The highest BCUT2D eigenvalue weighted by atomic mass is 16.1. The summed E-state index contributed by atoms with van der Waals surface area (Å²) in [7, 11) is 0. The summed E-state index contributed by atoms with van der Waals surface area (Å²) in [5, 5.41) is 0. The van der Waals surface area contributed by atoms with Crippen molar-refractivity contribution in [2.24, 2.45) is 0 Å². The van der Waals surface area contributed by atoms with Gasteiger partial charge in [-0.25, -0.2) is 0 Å². The van der Waals surface area contributed by atoms with Crippen LogP contribution in [0.4, 0.5) is 0 Å². The SMILES string of the molecule is CC(=O)C1=Cc2ccc(C)cc2C1C.CC(=O)C1=Cc2ccc(C)cc2C1C. The minimum absolute atomic E-state index is 0.186. The van der Waals surface area contributed by atoms with E-state index in [-0.39, 0.29) is 23.4 Å². The third-order valence-corrected chi connectivity index (χ3v) is 5.79. The second-order valence-electron chi connectivity index (χ2n) is 8.02. The first-order valence-corrected chi connectivity index (χ1v) is 9.85. The molecule has 0 saturated carbocycles. The molecular weight excluding hydrogens is 344 g/mol. The molecule has 2 unspecified atom stereocenters. The molecule has 2 aromatic carbocycles. The fourth-order valence-electron chi connectivity index (χ4n) is 4.13. The molecule has 28 heavy (non-hydrogen) atoms. The van der Waals surface area contributed by atoms with E-state index in [0.717, 1.165) is 11.1 Å². The van der Waals surface area contributed by atoms with Gasteiger partial charge < -0.3 is 0 Å². The molecule has 0 heterocycles. The molecule has 0 saturated heterocycles. The van der Waals surface area contributed by atoms with Gasteiger partial charge in [-0.15, -0.1) is 0 Å². The number of hydrogen-bond acceptors (Lipinski definition) is 2. The third-order valence-electron chi connectivity index (χ3n) is 5.79. The van der Waals surface area contributed by atoms with Gasteiger partial charge in [0.25, 0.3) is 0 Å². The highest BCUT2D eigenvalue weighted by Gasteiger charge is 2.24. The van der Waals surface area contributed by atoms with Crippen LogP contribution in [0.1, 0.15) is 72.9 Å². The molecule has 0 N–H and O–H groups in total. The van der Waals surface area contributed by atoms with Gasteiger partial charge in [0, 0.05) is 23.0 Å². The standard InChI is InChI=1S/2C13H14O/c2*1-8-4-5-11-7-12(10(3)14)9(2)13(11)6-8/h2*4-7,9H,1-3H3. The molecule has 0 spiro atoms. The van der Waals surface area contributed by atoms with E-state index in [9.17, 15) is 9.59 Å². The van der Waals surface area contributed by atoms with Crippen molar-refractivity contribution < 1.29 is 9.59 Å². The molecule has 2 aliphatic carbocycles. The Morgan fingerprint density at radius 3 is 1.36 bits per heavy atom. The molecule has 0 aliphatic heterocycles. The van der Waals surface area contributed by atoms with Crippen molar-refractivity contribution in [3.8, 4) is 0 Å². The molecule has 0 bridgehead atoms. The number of benzene rings is 2. The van der Waals surface area contributed by atoms with Crippen LogP contribution in [0.25, 0.3) is 12.2 Å². The van der Waals surface area contributed by atoms with E-state index in [0.29, 0.717) is 0 Å². The van der Waals surface area contributed by atoms with Crippen LogP contribution in [0.15, 0.2) is 47.5 Å². The summed E-state index contributed by atoms with van der Waals surface area (Å²) >= 11 is 0. The first-order valence-electron chi connectivity index (χ1n) is 9.85. The smallest absolute Gasteiger partial charge is 0.156 e. The van der Waals surface area contributed by atoms with Crippen LogP contribution in [0.2, 0.25) is 0 Å². The number of allylic oxidation sites excluding steroid dienone is 2. The van der Waals surface area contributed by atoms with E-state index in [2.05, 4.69) is 64.1 Å². The summed E-state index contributed by atoms with van der Waals surface area (Å²) in [6.45, 7) is 11.6. The number of aryl methyl sites for hydroxylation is 2. The zero-order chi connectivity index (χ0) is 20.6. The molecule has 144 valence electrons. The third kappa shape index (κ3) is 3.77. The highest BCUT2D eigenvalue weighted by Crippen LogP contribution is 2.37. The van der Waals surface area contributed by atoms with Gasteiger partial charge in [-0.1, -0.05) is 61.4 Å². The van der Waals surface area contributed by atoms with Crippen LogP contribution in [0, 0.1) is 13.8 Å². The van der Waals surface area contributed by atoms with Gasteiger partial charge in [0.05, 0.1) is 0 Å². The maximum Gasteiger partial charge on any atom is 0.156 e. The Morgan fingerprint density at radius 2 is 1.04 bits per heavy atom. The largest absolute Gasteiger partial charge is 0.295 e. The lowest BCUT2D eigenvalue weighted by Crippen LogP contribution is -2.01. The molecule has 0 amide bonds. The lowest BCUT2D eigenvalue weighted by Gasteiger charge is -2.08. The van der Waals surface area contributed by atoms with Crippen LogP contribution in [0.3, 0.4) is 0 Å². The fourth-order valence-corrected chi connectivity index (χ4v) is 4.13. The average Bonchev–Trinajstić information content (AvgIpc) is 3.14. The molecule has 0 fully saturated rings. The van der Waals surface area contributed by atoms with E-state index >= 15 is 0 Å². The maximum absolute atomic E-state index is 11.3. The molecule has 2 aliphatic rings. The number of Topliss-reactive ketones (excluding diaryl/α,β-unsaturated/α-hetero) is 2. The monoisotopic (exact) mass is 372 g/mol. The zero-order valence-electron chi connectivity index (χ0n) is 17.6. The number of carbonyl (C=O) groups excluding carboxylic acids is 2. The number of ketones is 2. The lowest BCUT2D eigenvalue weighted by molar-refractivity contribution is -0.114.